The number of hydrogen-bond acceptors (Lipinski definition) is 5. The van der Waals surface area contributed by atoms with Crippen molar-refractivity contribution in [1.29, 1.82) is 0 Å². The summed E-state index contributed by atoms with van der Waals surface area (Å²) in [5.41, 5.74) is 5.89. The van der Waals surface area contributed by atoms with E-state index in [9.17, 15) is 9.18 Å². The van der Waals surface area contributed by atoms with E-state index in [1.54, 1.807) is 0 Å². The molecule has 7 heteroatoms. The number of nitrogens with zero attached hydrogens (tertiary/aromatic N) is 4. The summed E-state index contributed by atoms with van der Waals surface area (Å²) in [4.78, 5) is 17.1. The SMILES string of the molecule is CN(C(=O)c1nnccc1N)c1ccc(F)cn1. The molecule has 0 unspecified atom stereocenters. The highest BCUT2D eigenvalue weighted by Crippen LogP contribution is 2.14. The highest BCUT2D eigenvalue weighted by atomic mass is 19.1. The smallest absolute Gasteiger partial charge is 0.281 e. The molecular weight excluding hydrogens is 237 g/mol. The number of nitrogens with two attached hydrogens (primary N) is 1. The molecule has 0 atom stereocenters. The van der Waals surface area contributed by atoms with E-state index in [0.29, 0.717) is 5.82 Å². The highest BCUT2D eigenvalue weighted by Gasteiger charge is 2.18. The van der Waals surface area contributed by atoms with Gasteiger partial charge in [-0.3, -0.25) is 9.69 Å². The van der Waals surface area contributed by atoms with Crippen molar-refractivity contribution in [1.82, 2.24) is 15.2 Å². The van der Waals surface area contributed by atoms with Crippen LogP contribution in [0.3, 0.4) is 0 Å². The molecule has 18 heavy (non-hydrogen) atoms. The summed E-state index contributed by atoms with van der Waals surface area (Å²) in [7, 11) is 1.50. The first-order valence-electron chi connectivity index (χ1n) is 5.06. The van der Waals surface area contributed by atoms with Gasteiger partial charge in [-0.1, -0.05) is 0 Å². The summed E-state index contributed by atoms with van der Waals surface area (Å²) in [5.74, 6) is -0.634. The lowest BCUT2D eigenvalue weighted by atomic mass is 10.3. The Morgan fingerprint density at radius 2 is 2.17 bits per heavy atom. The fraction of sp³-hybridized carbons (Fsp3) is 0.0909. The molecule has 2 rings (SSSR count). The minimum Gasteiger partial charge on any atom is -0.397 e. The van der Waals surface area contributed by atoms with Crippen LogP contribution in [0.5, 0.6) is 0 Å². The van der Waals surface area contributed by atoms with E-state index in [0.717, 1.165) is 6.20 Å². The van der Waals surface area contributed by atoms with Crippen molar-refractivity contribution in [2.45, 2.75) is 0 Å². The first kappa shape index (κ1) is 11.9. The normalized spacial score (nSPS) is 10.1. The van der Waals surface area contributed by atoms with Gasteiger partial charge in [-0.15, -0.1) is 5.10 Å². The van der Waals surface area contributed by atoms with Crippen LogP contribution in [0.2, 0.25) is 0 Å². The van der Waals surface area contributed by atoms with Gasteiger partial charge in [0.2, 0.25) is 0 Å². The second kappa shape index (κ2) is 4.74. The van der Waals surface area contributed by atoms with Gasteiger partial charge in [0.25, 0.3) is 5.91 Å². The lowest BCUT2D eigenvalue weighted by molar-refractivity contribution is 0.0987. The van der Waals surface area contributed by atoms with Crippen molar-refractivity contribution in [3.63, 3.8) is 0 Å². The average Bonchev–Trinajstić information content (AvgIpc) is 2.38. The Kier molecular flexibility index (Phi) is 3.13. The largest absolute Gasteiger partial charge is 0.397 e. The van der Waals surface area contributed by atoms with Crippen LogP contribution in [0.4, 0.5) is 15.9 Å². The molecule has 2 heterocycles. The molecule has 2 N–H and O–H groups in total. The van der Waals surface area contributed by atoms with Crippen molar-refractivity contribution >= 4 is 17.4 Å². The Hall–Kier alpha value is -2.57. The second-order valence-corrected chi connectivity index (χ2v) is 3.53. The number of carbonyl (C=O) groups excluding carboxylic acids is 1. The van der Waals surface area contributed by atoms with Crippen molar-refractivity contribution in [3.8, 4) is 0 Å². The van der Waals surface area contributed by atoms with E-state index < -0.39 is 11.7 Å². The maximum absolute atomic E-state index is 12.7. The van der Waals surface area contributed by atoms with Gasteiger partial charge in [-0.05, 0) is 18.2 Å². The molecule has 0 spiro atoms. The molecule has 0 radical (unpaired) electrons. The van der Waals surface area contributed by atoms with Gasteiger partial charge < -0.3 is 5.73 Å². The molecule has 0 aliphatic rings. The number of anilines is 2. The standard InChI is InChI=1S/C11H10FN5O/c1-17(9-3-2-7(12)6-14-9)11(18)10-8(13)4-5-15-16-10/h2-6H,1H3,(H2,13,15). The summed E-state index contributed by atoms with van der Waals surface area (Å²) < 4.78 is 12.7. The molecule has 1 amide bonds. The van der Waals surface area contributed by atoms with E-state index in [1.165, 1.54) is 36.3 Å². The average molecular weight is 247 g/mol. The van der Waals surface area contributed by atoms with Crippen LogP contribution in [0.25, 0.3) is 0 Å². The summed E-state index contributed by atoms with van der Waals surface area (Å²) in [6, 6.07) is 4.08. The molecule has 0 saturated carbocycles. The summed E-state index contributed by atoms with van der Waals surface area (Å²) in [6.07, 6.45) is 2.42. The van der Waals surface area contributed by atoms with Crippen LogP contribution < -0.4 is 10.6 Å². The minimum atomic E-state index is -0.474. The van der Waals surface area contributed by atoms with Crippen molar-refractivity contribution in [3.05, 3.63) is 42.1 Å². The highest BCUT2D eigenvalue weighted by molar-refractivity contribution is 6.06. The van der Waals surface area contributed by atoms with Crippen molar-refractivity contribution < 1.29 is 9.18 Å². The molecule has 0 fully saturated rings. The minimum absolute atomic E-state index is 0.0334. The summed E-state index contributed by atoms with van der Waals surface area (Å²) in [6.45, 7) is 0. The molecule has 2 aromatic heterocycles. The zero-order valence-electron chi connectivity index (χ0n) is 9.54. The molecule has 0 aliphatic heterocycles. The Morgan fingerprint density at radius 3 is 2.78 bits per heavy atom. The quantitative estimate of drug-likeness (QED) is 0.851. The van der Waals surface area contributed by atoms with Crippen molar-refractivity contribution in [2.75, 3.05) is 17.7 Å². The van der Waals surface area contributed by atoms with Gasteiger partial charge >= 0.3 is 0 Å². The van der Waals surface area contributed by atoms with Crippen LogP contribution >= 0.6 is 0 Å². The predicted octanol–water partition coefficient (Wildman–Crippen LogP) is 0.869. The number of pyridine rings is 1. The maximum atomic E-state index is 12.7. The van der Waals surface area contributed by atoms with Gasteiger partial charge in [0.1, 0.15) is 11.6 Å². The fourth-order valence-electron chi connectivity index (χ4n) is 1.34. The van der Waals surface area contributed by atoms with E-state index in [4.69, 9.17) is 5.73 Å². The number of carbonyl (C=O) groups is 1. The molecule has 6 nitrogen and oxygen atoms in total. The van der Waals surface area contributed by atoms with E-state index in [-0.39, 0.29) is 11.4 Å². The molecule has 92 valence electrons. The van der Waals surface area contributed by atoms with Gasteiger partial charge in [-0.2, -0.15) is 5.10 Å². The molecule has 0 aromatic carbocycles. The van der Waals surface area contributed by atoms with Crippen LogP contribution in [-0.4, -0.2) is 28.1 Å². The molecular formula is C11H10FN5O. The fourth-order valence-corrected chi connectivity index (χ4v) is 1.34. The predicted molar refractivity (Wildman–Crippen MR) is 63.4 cm³/mol. The zero-order valence-corrected chi connectivity index (χ0v) is 9.54. The van der Waals surface area contributed by atoms with Gasteiger partial charge in [0.15, 0.2) is 5.69 Å². The number of amides is 1. The first-order chi connectivity index (χ1) is 8.59. The van der Waals surface area contributed by atoms with Gasteiger partial charge in [0, 0.05) is 7.05 Å². The third kappa shape index (κ3) is 2.24. The monoisotopic (exact) mass is 247 g/mol. The summed E-state index contributed by atoms with van der Waals surface area (Å²) in [5, 5.41) is 7.27. The molecule has 0 aliphatic carbocycles. The third-order valence-electron chi connectivity index (χ3n) is 2.31. The Bertz CT molecular complexity index is 572. The number of halogens is 1. The van der Waals surface area contributed by atoms with E-state index >= 15 is 0 Å². The number of hydrogen-bond donors (Lipinski definition) is 1. The number of aromatic nitrogens is 3. The lowest BCUT2D eigenvalue weighted by Crippen LogP contribution is -2.29. The molecule has 2 aromatic rings. The Labute approximate surface area is 102 Å². The van der Waals surface area contributed by atoms with Crippen LogP contribution in [0, 0.1) is 5.82 Å². The lowest BCUT2D eigenvalue weighted by Gasteiger charge is -2.15. The Morgan fingerprint density at radius 1 is 1.39 bits per heavy atom. The third-order valence-corrected chi connectivity index (χ3v) is 2.31. The number of nitrogen functional groups attached to an aromatic ring is 1. The first-order valence-corrected chi connectivity index (χ1v) is 5.06. The number of rotatable bonds is 2. The topological polar surface area (TPSA) is 85.0 Å². The van der Waals surface area contributed by atoms with Gasteiger partial charge in [-0.25, -0.2) is 9.37 Å². The molecule has 0 saturated heterocycles. The van der Waals surface area contributed by atoms with Crippen molar-refractivity contribution in [2.24, 2.45) is 0 Å². The summed E-state index contributed by atoms with van der Waals surface area (Å²) >= 11 is 0. The second-order valence-electron chi connectivity index (χ2n) is 3.53. The molecule has 0 bridgehead atoms. The van der Waals surface area contributed by atoms with Gasteiger partial charge in [0.05, 0.1) is 18.1 Å². The van der Waals surface area contributed by atoms with E-state index in [2.05, 4.69) is 15.2 Å². The Balaban J connectivity index is 2.29. The van der Waals surface area contributed by atoms with Crippen LogP contribution in [0.1, 0.15) is 10.5 Å². The van der Waals surface area contributed by atoms with Crippen LogP contribution in [0.15, 0.2) is 30.6 Å². The van der Waals surface area contributed by atoms with E-state index in [1.807, 2.05) is 0 Å². The zero-order chi connectivity index (χ0) is 13.1. The van der Waals surface area contributed by atoms with Crippen LogP contribution in [-0.2, 0) is 0 Å². The maximum Gasteiger partial charge on any atom is 0.281 e.